The van der Waals surface area contributed by atoms with Crippen LogP contribution >= 0.6 is 12.4 Å². The normalized spacial score (nSPS) is 9.29. The Morgan fingerprint density at radius 1 is 1.21 bits per heavy atom. The first kappa shape index (κ1) is 13.2. The first-order valence-electron chi connectivity index (χ1n) is 4.42. The molecule has 2 nitrogen and oxygen atoms in total. The molecule has 0 spiro atoms. The van der Waals surface area contributed by atoms with Crippen LogP contribution in [0.4, 0.5) is 4.39 Å². The maximum Gasteiger partial charge on any atom is 0.165 e. The summed E-state index contributed by atoms with van der Waals surface area (Å²) < 4.78 is 18.2. The molecule has 0 fully saturated rings. The number of halogens is 2. The lowest BCUT2D eigenvalue weighted by Crippen LogP contribution is -2.04. The summed E-state index contributed by atoms with van der Waals surface area (Å²) in [4.78, 5) is 0. The second-order valence-electron chi connectivity index (χ2n) is 2.77. The molecule has 2 N–H and O–H groups in total. The fraction of sp³-hybridized carbons (Fsp3) is 0.400. The molecular formula is C10H15ClFNO. The third kappa shape index (κ3) is 4.44. The van der Waals surface area contributed by atoms with Gasteiger partial charge in [0.05, 0.1) is 6.61 Å². The Kier molecular flexibility index (Phi) is 7.16. The molecule has 0 aromatic heterocycles. The number of hydrogen-bond acceptors (Lipinski definition) is 2. The first-order chi connectivity index (χ1) is 6.34. The molecule has 0 saturated heterocycles. The highest BCUT2D eigenvalue weighted by atomic mass is 35.5. The van der Waals surface area contributed by atoms with Crippen LogP contribution in [0.1, 0.15) is 12.8 Å². The second-order valence-corrected chi connectivity index (χ2v) is 2.77. The minimum atomic E-state index is -0.310. The molecule has 4 heteroatoms. The lowest BCUT2D eigenvalue weighted by molar-refractivity contribution is 0.293. The summed E-state index contributed by atoms with van der Waals surface area (Å²) in [6, 6.07) is 6.40. The summed E-state index contributed by atoms with van der Waals surface area (Å²) in [6.07, 6.45) is 1.78. The smallest absolute Gasteiger partial charge is 0.165 e. The van der Waals surface area contributed by atoms with Crippen molar-refractivity contribution in [2.45, 2.75) is 12.8 Å². The molecule has 0 amide bonds. The van der Waals surface area contributed by atoms with Gasteiger partial charge in [0.2, 0.25) is 0 Å². The second kappa shape index (κ2) is 7.59. The van der Waals surface area contributed by atoms with E-state index in [9.17, 15) is 4.39 Å². The number of benzene rings is 1. The maximum absolute atomic E-state index is 12.9. The quantitative estimate of drug-likeness (QED) is 0.772. The van der Waals surface area contributed by atoms with Crippen LogP contribution in [0, 0.1) is 5.82 Å². The molecule has 14 heavy (non-hydrogen) atoms. The molecule has 1 aromatic rings. The highest BCUT2D eigenvalue weighted by Crippen LogP contribution is 2.15. The average Bonchev–Trinajstić information content (AvgIpc) is 2.15. The average molecular weight is 220 g/mol. The standard InChI is InChI=1S/C10H14FNO.ClH/c11-9-5-1-2-6-10(9)13-8-4-3-7-12;/h1-2,5-6H,3-4,7-8,12H2;1H. The maximum atomic E-state index is 12.9. The van der Waals surface area contributed by atoms with Crippen LogP contribution in [0.5, 0.6) is 5.75 Å². The molecule has 1 rings (SSSR count). The van der Waals surface area contributed by atoms with E-state index < -0.39 is 0 Å². The van der Waals surface area contributed by atoms with Gasteiger partial charge in [0.25, 0.3) is 0 Å². The molecule has 0 saturated carbocycles. The van der Waals surface area contributed by atoms with E-state index in [0.717, 1.165) is 12.8 Å². The number of ether oxygens (including phenoxy) is 1. The number of rotatable bonds is 5. The molecule has 0 aliphatic heterocycles. The van der Waals surface area contributed by atoms with Crippen molar-refractivity contribution < 1.29 is 9.13 Å². The number of para-hydroxylation sites is 1. The highest BCUT2D eigenvalue weighted by Gasteiger charge is 1.99. The van der Waals surface area contributed by atoms with Crippen molar-refractivity contribution in [3.05, 3.63) is 30.1 Å². The van der Waals surface area contributed by atoms with Gasteiger partial charge in [0.15, 0.2) is 11.6 Å². The molecule has 0 unspecified atom stereocenters. The molecule has 80 valence electrons. The minimum absolute atomic E-state index is 0. The van der Waals surface area contributed by atoms with Crippen LogP contribution in [0.15, 0.2) is 24.3 Å². The predicted octanol–water partition coefficient (Wildman–Crippen LogP) is 2.37. The zero-order valence-corrected chi connectivity index (χ0v) is 8.73. The van der Waals surface area contributed by atoms with Gasteiger partial charge < -0.3 is 10.5 Å². The van der Waals surface area contributed by atoms with E-state index in [1.807, 2.05) is 0 Å². The topological polar surface area (TPSA) is 35.2 Å². The summed E-state index contributed by atoms with van der Waals surface area (Å²) in [5.74, 6) is 0.00905. The van der Waals surface area contributed by atoms with Crippen LogP contribution in [-0.2, 0) is 0 Å². The van der Waals surface area contributed by atoms with E-state index in [2.05, 4.69) is 0 Å². The monoisotopic (exact) mass is 219 g/mol. The lowest BCUT2D eigenvalue weighted by atomic mass is 10.3. The zero-order valence-electron chi connectivity index (χ0n) is 7.91. The Morgan fingerprint density at radius 3 is 2.57 bits per heavy atom. The molecule has 0 atom stereocenters. The van der Waals surface area contributed by atoms with Crippen molar-refractivity contribution in [3.8, 4) is 5.75 Å². The van der Waals surface area contributed by atoms with Crippen molar-refractivity contribution in [2.24, 2.45) is 5.73 Å². The van der Waals surface area contributed by atoms with Gasteiger partial charge in [-0.3, -0.25) is 0 Å². The summed E-state index contributed by atoms with van der Waals surface area (Å²) in [6.45, 7) is 1.18. The van der Waals surface area contributed by atoms with E-state index in [-0.39, 0.29) is 18.2 Å². The van der Waals surface area contributed by atoms with Gasteiger partial charge in [-0.05, 0) is 31.5 Å². The SMILES string of the molecule is Cl.NCCCCOc1ccccc1F. The Labute approximate surface area is 89.7 Å². The molecule has 1 aromatic carbocycles. The fourth-order valence-corrected chi connectivity index (χ4v) is 0.990. The van der Waals surface area contributed by atoms with Crippen molar-refractivity contribution in [1.29, 1.82) is 0 Å². The summed E-state index contributed by atoms with van der Waals surface area (Å²) in [7, 11) is 0. The van der Waals surface area contributed by atoms with Gasteiger partial charge in [-0.1, -0.05) is 12.1 Å². The van der Waals surface area contributed by atoms with Crippen LogP contribution < -0.4 is 10.5 Å². The minimum Gasteiger partial charge on any atom is -0.491 e. The van der Waals surface area contributed by atoms with Crippen LogP contribution in [-0.4, -0.2) is 13.2 Å². The summed E-state index contributed by atoms with van der Waals surface area (Å²) in [5, 5.41) is 0. The molecule has 0 aliphatic carbocycles. The summed E-state index contributed by atoms with van der Waals surface area (Å²) >= 11 is 0. The van der Waals surface area contributed by atoms with Crippen LogP contribution in [0.3, 0.4) is 0 Å². The van der Waals surface area contributed by atoms with Gasteiger partial charge in [-0.25, -0.2) is 4.39 Å². The van der Waals surface area contributed by atoms with Gasteiger partial charge >= 0.3 is 0 Å². The van der Waals surface area contributed by atoms with Crippen molar-refractivity contribution in [2.75, 3.05) is 13.2 Å². The number of nitrogens with two attached hydrogens (primary N) is 1. The van der Waals surface area contributed by atoms with Crippen LogP contribution in [0.2, 0.25) is 0 Å². The molecule has 0 bridgehead atoms. The van der Waals surface area contributed by atoms with E-state index in [0.29, 0.717) is 18.9 Å². The Balaban J connectivity index is 0.00000169. The molecule has 0 aliphatic rings. The number of unbranched alkanes of at least 4 members (excludes halogenated alkanes) is 1. The van der Waals surface area contributed by atoms with Gasteiger partial charge in [0.1, 0.15) is 0 Å². The van der Waals surface area contributed by atoms with Crippen molar-refractivity contribution in [1.82, 2.24) is 0 Å². The Morgan fingerprint density at radius 2 is 1.93 bits per heavy atom. The van der Waals surface area contributed by atoms with E-state index in [1.54, 1.807) is 18.2 Å². The highest BCUT2D eigenvalue weighted by molar-refractivity contribution is 5.85. The molecule has 0 heterocycles. The lowest BCUT2D eigenvalue weighted by Gasteiger charge is -2.05. The van der Waals surface area contributed by atoms with E-state index in [4.69, 9.17) is 10.5 Å². The van der Waals surface area contributed by atoms with Crippen molar-refractivity contribution in [3.63, 3.8) is 0 Å². The predicted molar refractivity (Wildman–Crippen MR) is 57.4 cm³/mol. The largest absolute Gasteiger partial charge is 0.491 e. The van der Waals surface area contributed by atoms with Crippen molar-refractivity contribution >= 4 is 12.4 Å². The molecular weight excluding hydrogens is 205 g/mol. The van der Waals surface area contributed by atoms with Crippen LogP contribution in [0.25, 0.3) is 0 Å². The van der Waals surface area contributed by atoms with Gasteiger partial charge in [0, 0.05) is 0 Å². The zero-order chi connectivity index (χ0) is 9.52. The van der Waals surface area contributed by atoms with Gasteiger partial charge in [-0.2, -0.15) is 0 Å². The summed E-state index contributed by atoms with van der Waals surface area (Å²) in [5.41, 5.74) is 5.31. The number of hydrogen-bond donors (Lipinski definition) is 1. The third-order valence-corrected chi connectivity index (χ3v) is 1.69. The molecule has 0 radical (unpaired) electrons. The van der Waals surface area contributed by atoms with E-state index >= 15 is 0 Å². The third-order valence-electron chi connectivity index (χ3n) is 1.69. The Bertz CT molecular complexity index is 258. The van der Waals surface area contributed by atoms with Gasteiger partial charge in [-0.15, -0.1) is 12.4 Å². The Hall–Kier alpha value is -0.800. The van der Waals surface area contributed by atoms with E-state index in [1.165, 1.54) is 6.07 Å². The fourth-order valence-electron chi connectivity index (χ4n) is 0.990. The first-order valence-corrected chi connectivity index (χ1v) is 4.42.